The minimum atomic E-state index is -5.64. The lowest BCUT2D eigenvalue weighted by molar-refractivity contribution is -0.463. The number of anilines is 2. The molecule has 296 valence electrons. The SMILES string of the molecule is C=C[Si](C)(C)c1cccc(N(C)C(=O)CC(=O)N(C)c2cccc([Si](C)(C)C=C)c2)c1.CC(F)(OCF)C(F)(F)F.CF.FC(F)(F)OC(F)(F)F. The summed E-state index contributed by atoms with van der Waals surface area (Å²) in [5.41, 5.74) is 5.64. The molecule has 0 aromatic heterocycles. The van der Waals surface area contributed by atoms with Crippen LogP contribution in [0.15, 0.2) is 73.1 Å². The van der Waals surface area contributed by atoms with Gasteiger partial charge in [0.25, 0.3) is 0 Å². The lowest BCUT2D eigenvalue weighted by Crippen LogP contribution is -2.41. The Morgan fingerprint density at radius 1 is 0.712 bits per heavy atom. The van der Waals surface area contributed by atoms with E-state index in [9.17, 15) is 62.3 Å². The van der Waals surface area contributed by atoms with Crippen molar-refractivity contribution >= 4 is 49.7 Å². The Kier molecular flexibility index (Phi) is 20.0. The van der Waals surface area contributed by atoms with Crippen LogP contribution < -0.4 is 20.2 Å². The van der Waals surface area contributed by atoms with E-state index in [0.717, 1.165) is 11.4 Å². The summed E-state index contributed by atoms with van der Waals surface area (Å²) in [6.45, 7) is 15.1. The van der Waals surface area contributed by atoms with Gasteiger partial charge in [-0.25, -0.2) is 8.78 Å². The number of amides is 2. The first kappa shape index (κ1) is 50.5. The zero-order valence-electron chi connectivity index (χ0n) is 29.7. The van der Waals surface area contributed by atoms with Gasteiger partial charge in [-0.05, 0) is 24.3 Å². The molecule has 0 saturated carbocycles. The maximum atomic E-state index is 12.9. The maximum absolute atomic E-state index is 12.9. The molecular formula is C32H42F12N2O4Si2. The molecule has 20 heteroatoms. The fourth-order valence-corrected chi connectivity index (χ4v) is 6.00. The van der Waals surface area contributed by atoms with Crippen molar-refractivity contribution in [1.29, 1.82) is 0 Å². The molecule has 6 nitrogen and oxygen atoms in total. The number of ether oxygens (including phenoxy) is 2. The largest absolute Gasteiger partial charge is 0.529 e. The first-order valence-corrected chi connectivity index (χ1v) is 20.8. The van der Waals surface area contributed by atoms with Gasteiger partial charge in [0.05, 0.1) is 7.18 Å². The lowest BCUT2D eigenvalue weighted by atomic mass is 10.2. The summed E-state index contributed by atoms with van der Waals surface area (Å²) in [4.78, 5) is 28.8. The lowest BCUT2D eigenvalue weighted by Gasteiger charge is -2.24. The van der Waals surface area contributed by atoms with Gasteiger partial charge in [0.15, 0.2) is 6.86 Å². The zero-order chi connectivity index (χ0) is 41.5. The number of benzene rings is 2. The molecule has 2 rings (SSSR count). The molecular weight excluding hydrogens is 761 g/mol. The summed E-state index contributed by atoms with van der Waals surface area (Å²) in [6.07, 6.45) is -16.7. The van der Waals surface area contributed by atoms with Crippen molar-refractivity contribution in [3.05, 3.63) is 73.1 Å². The number of halogens is 12. The number of rotatable bonds is 10. The van der Waals surface area contributed by atoms with E-state index in [2.05, 4.69) is 56.2 Å². The fraction of sp³-hybridized carbons (Fsp3) is 0.438. The molecule has 2 amide bonds. The Bertz CT molecular complexity index is 1360. The predicted octanol–water partition coefficient (Wildman–Crippen LogP) is 8.79. The van der Waals surface area contributed by atoms with Crippen molar-refractivity contribution in [2.45, 2.75) is 64.3 Å². The van der Waals surface area contributed by atoms with Crippen molar-refractivity contribution < 1.29 is 71.7 Å². The van der Waals surface area contributed by atoms with Crippen molar-refractivity contribution in [2.75, 3.05) is 37.9 Å². The number of alkyl halides is 12. The molecule has 1 atom stereocenters. The van der Waals surface area contributed by atoms with E-state index >= 15 is 0 Å². The average molecular weight is 803 g/mol. The summed E-state index contributed by atoms with van der Waals surface area (Å²) in [5, 5.41) is 2.41. The second-order valence-electron chi connectivity index (χ2n) is 11.7. The topological polar surface area (TPSA) is 59.1 Å². The van der Waals surface area contributed by atoms with Crippen molar-refractivity contribution in [3.63, 3.8) is 0 Å². The summed E-state index contributed by atoms with van der Waals surface area (Å²) in [7, 11) is 0.463. The summed E-state index contributed by atoms with van der Waals surface area (Å²) in [6, 6.07) is 15.9. The molecule has 0 N–H and O–H groups in total. The quantitative estimate of drug-likeness (QED) is 0.137. The first-order valence-electron chi connectivity index (χ1n) is 14.6. The van der Waals surface area contributed by atoms with Gasteiger partial charge in [-0.2, -0.15) is 17.9 Å². The molecule has 0 bridgehead atoms. The molecule has 0 fully saturated rings. The van der Waals surface area contributed by atoms with E-state index in [1.807, 2.05) is 47.8 Å². The highest BCUT2D eigenvalue weighted by Crippen LogP contribution is 2.34. The number of carbonyl (C=O) groups is 2. The smallest absolute Gasteiger partial charge is 0.315 e. The van der Waals surface area contributed by atoms with E-state index in [-0.39, 0.29) is 25.2 Å². The van der Waals surface area contributed by atoms with Crippen LogP contribution in [0.2, 0.25) is 26.2 Å². The van der Waals surface area contributed by atoms with Gasteiger partial charge in [-0.3, -0.25) is 14.0 Å². The van der Waals surface area contributed by atoms with Crippen molar-refractivity contribution in [3.8, 4) is 0 Å². The number of carbonyl (C=O) groups excluding carboxylic acids is 2. The molecule has 2 aromatic carbocycles. The van der Waals surface area contributed by atoms with Gasteiger partial charge in [0.1, 0.15) is 22.6 Å². The van der Waals surface area contributed by atoms with Crippen LogP contribution in [0.5, 0.6) is 0 Å². The second-order valence-corrected chi connectivity index (χ2v) is 20.6. The van der Waals surface area contributed by atoms with Gasteiger partial charge in [-0.1, -0.05) is 72.2 Å². The molecule has 0 aliphatic heterocycles. The van der Waals surface area contributed by atoms with Crippen LogP contribution in [-0.2, 0) is 19.1 Å². The average Bonchev–Trinajstić information content (AvgIpc) is 3.03. The molecule has 1 unspecified atom stereocenters. The summed E-state index contributed by atoms with van der Waals surface area (Å²) < 4.78 is 135. The monoisotopic (exact) mass is 802 g/mol. The molecule has 0 aliphatic rings. The Hall–Kier alpha value is -3.63. The van der Waals surface area contributed by atoms with Crippen LogP contribution in [0.4, 0.5) is 64.1 Å². The van der Waals surface area contributed by atoms with Crippen LogP contribution in [0.3, 0.4) is 0 Å². The Labute approximate surface area is 296 Å². The van der Waals surface area contributed by atoms with E-state index in [4.69, 9.17) is 0 Å². The Morgan fingerprint density at radius 2 is 1.04 bits per heavy atom. The van der Waals surface area contributed by atoms with Crippen LogP contribution >= 0.6 is 0 Å². The van der Waals surface area contributed by atoms with Gasteiger partial charge >= 0.3 is 24.8 Å². The predicted molar refractivity (Wildman–Crippen MR) is 182 cm³/mol. The third-order valence-corrected chi connectivity index (χ3v) is 12.7. The number of hydrogen-bond donors (Lipinski definition) is 0. The molecule has 0 saturated heterocycles. The van der Waals surface area contributed by atoms with Crippen molar-refractivity contribution in [1.82, 2.24) is 0 Å². The third kappa shape index (κ3) is 17.7. The fourth-order valence-electron chi connectivity index (χ4n) is 3.44. The molecule has 0 aliphatic carbocycles. The highest BCUT2D eigenvalue weighted by molar-refractivity contribution is 6.94. The van der Waals surface area contributed by atoms with Crippen LogP contribution in [0.25, 0.3) is 0 Å². The highest BCUT2D eigenvalue weighted by atomic mass is 28.3. The normalized spacial score (nSPS) is 13.0. The molecule has 0 heterocycles. The first-order chi connectivity index (χ1) is 23.4. The summed E-state index contributed by atoms with van der Waals surface area (Å²) in [5.74, 6) is -4.35. The third-order valence-electron chi connectivity index (χ3n) is 7.09. The van der Waals surface area contributed by atoms with Gasteiger partial charge in [0, 0.05) is 32.4 Å². The number of hydrogen-bond acceptors (Lipinski definition) is 4. The van der Waals surface area contributed by atoms with Gasteiger partial charge in [-0.15, -0.1) is 39.5 Å². The van der Waals surface area contributed by atoms with Crippen molar-refractivity contribution in [2.24, 2.45) is 0 Å². The minimum absolute atomic E-state index is 0.104. The Morgan fingerprint density at radius 3 is 1.25 bits per heavy atom. The highest BCUT2D eigenvalue weighted by Gasteiger charge is 2.53. The van der Waals surface area contributed by atoms with Crippen LogP contribution in [0.1, 0.15) is 13.3 Å². The van der Waals surface area contributed by atoms with E-state index in [1.165, 1.54) is 10.4 Å². The molecule has 0 radical (unpaired) electrons. The molecule has 0 spiro atoms. The number of nitrogens with zero attached hydrogens (tertiary/aromatic N) is 2. The van der Waals surface area contributed by atoms with E-state index < -0.39 is 47.8 Å². The van der Waals surface area contributed by atoms with E-state index in [1.54, 1.807) is 28.6 Å². The second kappa shape index (κ2) is 20.6. The minimum Gasteiger partial charge on any atom is -0.315 e. The molecule has 52 heavy (non-hydrogen) atoms. The standard InChI is InChI=1S/C25H34N2O2Si2.C4H5F5O.C2F6O.CH3F/c1-9-30(5,6)22-15-11-13-20(17-22)26(3)24(28)19-25(29)27(4)21-14-12-16-23(18-21)31(7,8)10-2;1-3(6,10-2-5)4(7,8)9;3-1(4,5)9-2(6,7)8;1-2/h9-18H,1-2,19H2,3-8H3;2H2,1H3;;1H3. The van der Waals surface area contributed by atoms with Gasteiger partial charge < -0.3 is 14.5 Å². The molecule has 2 aromatic rings. The van der Waals surface area contributed by atoms with Crippen LogP contribution in [-0.4, -0.2) is 80.9 Å². The van der Waals surface area contributed by atoms with E-state index in [0.29, 0.717) is 7.18 Å². The Balaban J connectivity index is 0. The zero-order valence-corrected chi connectivity index (χ0v) is 31.7. The van der Waals surface area contributed by atoms with Gasteiger partial charge in [0.2, 0.25) is 11.8 Å². The maximum Gasteiger partial charge on any atom is 0.529 e. The summed E-state index contributed by atoms with van der Waals surface area (Å²) >= 11 is 0. The van der Waals surface area contributed by atoms with Crippen LogP contribution in [0, 0.1) is 0 Å².